The number of rotatable bonds is 12. The van der Waals surface area contributed by atoms with Gasteiger partial charge in [-0.1, -0.05) is 55.7 Å². The van der Waals surface area contributed by atoms with Gasteiger partial charge in [0.1, 0.15) is 0 Å². The van der Waals surface area contributed by atoms with Crippen LogP contribution in [0.15, 0.2) is 24.3 Å². The molecule has 1 aromatic heterocycles. The molecule has 27 heavy (non-hydrogen) atoms. The smallest absolute Gasteiger partial charge is 0.223 e. The topological polar surface area (TPSA) is 95.0 Å². The molecule has 0 saturated carbocycles. The van der Waals surface area contributed by atoms with Crippen LogP contribution in [0.5, 0.6) is 0 Å². The fourth-order valence-electron chi connectivity index (χ4n) is 3.31. The number of likely N-dealkylation sites (tertiary alicyclic amines) is 1. The molecular formula is C20H33N5O2. The molecule has 1 unspecified atom stereocenters. The number of carbonyl (C=O) groups excluding carboxylic acids is 1. The molecule has 0 radical (unpaired) electrons. The maximum absolute atomic E-state index is 12.3. The van der Waals surface area contributed by atoms with Crippen LogP contribution in [-0.2, 0) is 11.2 Å². The Kier molecular flexibility index (Phi) is 9.76. The maximum Gasteiger partial charge on any atom is 0.223 e. The molecule has 1 aliphatic rings. The van der Waals surface area contributed by atoms with Crippen LogP contribution in [0.4, 0.5) is 0 Å². The van der Waals surface area contributed by atoms with Gasteiger partial charge in [0, 0.05) is 19.4 Å². The largest absolute Gasteiger partial charge is 0.389 e. The predicted molar refractivity (Wildman–Crippen MR) is 105 cm³/mol. The van der Waals surface area contributed by atoms with Crippen LogP contribution in [0.3, 0.4) is 0 Å². The zero-order valence-corrected chi connectivity index (χ0v) is 16.4. The van der Waals surface area contributed by atoms with Gasteiger partial charge in [-0.3, -0.25) is 4.79 Å². The van der Waals surface area contributed by atoms with Crippen LogP contribution in [0.1, 0.15) is 70.5 Å². The minimum absolute atomic E-state index is 0.0936. The van der Waals surface area contributed by atoms with Gasteiger partial charge in [0.05, 0.1) is 12.1 Å². The number of nitrogens with one attached hydrogen (secondary N) is 1. The highest BCUT2D eigenvalue weighted by Crippen LogP contribution is 2.20. The van der Waals surface area contributed by atoms with Crippen LogP contribution in [0.25, 0.3) is 0 Å². The lowest BCUT2D eigenvalue weighted by molar-refractivity contribution is -0.134. The summed E-state index contributed by atoms with van der Waals surface area (Å²) in [6.07, 6.45) is 17.0. The van der Waals surface area contributed by atoms with Gasteiger partial charge in [0.15, 0.2) is 5.82 Å². The minimum Gasteiger partial charge on any atom is -0.389 e. The molecule has 7 heteroatoms. The second-order valence-electron chi connectivity index (χ2n) is 7.15. The first-order chi connectivity index (χ1) is 13.2. The third-order valence-corrected chi connectivity index (χ3v) is 4.90. The van der Waals surface area contributed by atoms with Gasteiger partial charge in [-0.2, -0.15) is 5.21 Å². The highest BCUT2D eigenvalue weighted by molar-refractivity contribution is 5.77. The summed E-state index contributed by atoms with van der Waals surface area (Å²) in [5, 5.41) is 23.9. The van der Waals surface area contributed by atoms with Crippen LogP contribution < -0.4 is 0 Å². The van der Waals surface area contributed by atoms with E-state index in [-0.39, 0.29) is 11.9 Å². The van der Waals surface area contributed by atoms with Crippen molar-refractivity contribution in [1.82, 2.24) is 25.5 Å². The number of hydrogen-bond donors (Lipinski definition) is 2. The molecule has 2 N–H and O–H groups in total. The SMILES string of the molecule is CCCCCC(O)/C=C/[C@H]1CCCC(=O)N1C/C=C\CCCc1nn[nH]n1. The summed E-state index contributed by atoms with van der Waals surface area (Å²) in [6.45, 7) is 2.79. The van der Waals surface area contributed by atoms with Gasteiger partial charge in [-0.15, -0.1) is 10.2 Å². The molecule has 0 aliphatic carbocycles. The number of aromatic nitrogens is 4. The van der Waals surface area contributed by atoms with Crippen molar-refractivity contribution in [1.29, 1.82) is 0 Å². The number of aromatic amines is 1. The molecule has 2 heterocycles. The highest BCUT2D eigenvalue weighted by Gasteiger charge is 2.25. The van der Waals surface area contributed by atoms with E-state index >= 15 is 0 Å². The van der Waals surface area contributed by atoms with Crippen molar-refractivity contribution in [3.63, 3.8) is 0 Å². The number of nitrogens with zero attached hydrogens (tertiary/aromatic N) is 4. The van der Waals surface area contributed by atoms with Gasteiger partial charge in [0.25, 0.3) is 0 Å². The van der Waals surface area contributed by atoms with Crippen molar-refractivity contribution in [2.75, 3.05) is 6.54 Å². The van der Waals surface area contributed by atoms with E-state index in [1.54, 1.807) is 0 Å². The molecule has 1 aliphatic heterocycles. The molecule has 1 aromatic rings. The number of amides is 1. The predicted octanol–water partition coefficient (Wildman–Crippen LogP) is 2.96. The number of aryl methyl sites for hydroxylation is 1. The van der Waals surface area contributed by atoms with Gasteiger partial charge in [-0.05, 0) is 32.1 Å². The normalized spacial score (nSPS) is 19.4. The fourth-order valence-corrected chi connectivity index (χ4v) is 3.31. The lowest BCUT2D eigenvalue weighted by Gasteiger charge is -2.33. The Morgan fingerprint density at radius 1 is 1.33 bits per heavy atom. The van der Waals surface area contributed by atoms with Crippen LogP contribution in [-0.4, -0.2) is 55.2 Å². The summed E-state index contributed by atoms with van der Waals surface area (Å²) >= 11 is 0. The monoisotopic (exact) mass is 375 g/mol. The molecule has 2 atom stereocenters. The van der Waals surface area contributed by atoms with Crippen molar-refractivity contribution >= 4 is 5.91 Å². The van der Waals surface area contributed by atoms with Crippen molar-refractivity contribution in [2.24, 2.45) is 0 Å². The van der Waals surface area contributed by atoms with E-state index in [0.29, 0.717) is 13.0 Å². The van der Waals surface area contributed by atoms with Crippen LogP contribution in [0, 0.1) is 0 Å². The molecule has 0 bridgehead atoms. The minimum atomic E-state index is -0.406. The Hall–Kier alpha value is -2.02. The maximum atomic E-state index is 12.3. The van der Waals surface area contributed by atoms with E-state index in [1.807, 2.05) is 17.1 Å². The quantitative estimate of drug-likeness (QED) is 0.433. The number of aliphatic hydroxyl groups excluding tert-OH is 1. The summed E-state index contributed by atoms with van der Waals surface area (Å²) in [5.41, 5.74) is 0. The van der Waals surface area contributed by atoms with E-state index in [0.717, 1.165) is 63.6 Å². The van der Waals surface area contributed by atoms with Crippen molar-refractivity contribution in [3.8, 4) is 0 Å². The van der Waals surface area contributed by atoms with E-state index in [1.165, 1.54) is 0 Å². The van der Waals surface area contributed by atoms with Crippen molar-refractivity contribution < 1.29 is 9.90 Å². The van der Waals surface area contributed by atoms with Gasteiger partial charge in [0.2, 0.25) is 5.91 Å². The van der Waals surface area contributed by atoms with E-state index in [9.17, 15) is 9.90 Å². The standard InChI is InChI=1S/C20H33N5O2/c1-2-3-6-11-18(26)15-14-17-10-9-13-20(27)25(17)16-8-5-4-7-12-19-21-23-24-22-19/h5,8,14-15,17-18,26H,2-4,6-7,9-13,16H2,1H3,(H,21,22,23,24)/b8-5-,15-14+/t17-,18?/m1/s1. The lowest BCUT2D eigenvalue weighted by atomic mass is 10.00. The summed E-state index contributed by atoms with van der Waals surface area (Å²) < 4.78 is 0. The fraction of sp³-hybridized carbons (Fsp3) is 0.700. The first-order valence-corrected chi connectivity index (χ1v) is 10.2. The zero-order valence-electron chi connectivity index (χ0n) is 16.4. The number of hydrogen-bond acceptors (Lipinski definition) is 5. The summed E-state index contributed by atoms with van der Waals surface area (Å²) in [6, 6.07) is 0.0936. The Morgan fingerprint density at radius 3 is 3.00 bits per heavy atom. The molecule has 0 aromatic carbocycles. The first kappa shape index (κ1) is 21.3. The Labute approximate surface area is 161 Å². The Balaban J connectivity index is 1.75. The number of unbranched alkanes of at least 4 members (excludes halogenated alkanes) is 3. The zero-order chi connectivity index (χ0) is 19.3. The molecule has 1 saturated heterocycles. The van der Waals surface area contributed by atoms with E-state index in [4.69, 9.17) is 0 Å². The molecule has 0 spiro atoms. The van der Waals surface area contributed by atoms with Crippen LogP contribution >= 0.6 is 0 Å². The Morgan fingerprint density at radius 2 is 2.22 bits per heavy atom. The number of tetrazole rings is 1. The second kappa shape index (κ2) is 12.4. The first-order valence-electron chi connectivity index (χ1n) is 10.2. The third kappa shape index (κ3) is 8.03. The van der Waals surface area contributed by atoms with E-state index < -0.39 is 6.10 Å². The van der Waals surface area contributed by atoms with Crippen molar-refractivity contribution in [2.45, 2.75) is 83.3 Å². The molecule has 7 nitrogen and oxygen atoms in total. The summed E-state index contributed by atoms with van der Waals surface area (Å²) in [4.78, 5) is 14.2. The molecular weight excluding hydrogens is 342 g/mol. The lowest BCUT2D eigenvalue weighted by Crippen LogP contribution is -2.42. The van der Waals surface area contributed by atoms with Gasteiger partial charge < -0.3 is 10.0 Å². The molecule has 150 valence electrons. The average Bonchev–Trinajstić information content (AvgIpc) is 3.18. The van der Waals surface area contributed by atoms with E-state index in [2.05, 4.69) is 39.7 Å². The molecule has 2 rings (SSSR count). The number of allylic oxidation sites excluding steroid dienone is 1. The van der Waals surface area contributed by atoms with Crippen LogP contribution in [0.2, 0.25) is 0 Å². The molecule has 1 fully saturated rings. The number of carbonyl (C=O) groups is 1. The van der Waals surface area contributed by atoms with Crippen molar-refractivity contribution in [3.05, 3.63) is 30.1 Å². The highest BCUT2D eigenvalue weighted by atomic mass is 16.3. The number of piperidine rings is 1. The van der Waals surface area contributed by atoms with Gasteiger partial charge in [-0.25, -0.2) is 0 Å². The Bertz CT molecular complexity index is 585. The molecule has 1 amide bonds. The average molecular weight is 376 g/mol. The number of aliphatic hydroxyl groups is 1. The number of H-pyrrole nitrogens is 1. The third-order valence-electron chi connectivity index (χ3n) is 4.90. The summed E-state index contributed by atoms with van der Waals surface area (Å²) in [5.74, 6) is 0.935. The summed E-state index contributed by atoms with van der Waals surface area (Å²) in [7, 11) is 0. The second-order valence-corrected chi connectivity index (χ2v) is 7.15. The van der Waals surface area contributed by atoms with Gasteiger partial charge >= 0.3 is 0 Å².